The molecule has 0 fully saturated rings. The molecule has 0 spiro atoms. The summed E-state index contributed by atoms with van der Waals surface area (Å²) >= 11 is 0. The number of H-pyrrole nitrogens is 1. The first-order valence-corrected chi connectivity index (χ1v) is 8.29. The molecular formula is C18H17INP. The number of hydrogen-bond acceptors (Lipinski definition) is 0. The van der Waals surface area contributed by atoms with E-state index >= 15 is 0 Å². The number of nitrogens with one attached hydrogen (secondary N) is 1. The SMILES string of the molecule is [I-].c1ccc(P(Cc2cccc[nH+]2)c2ccccc2)cc1. The second kappa shape index (κ2) is 8.26. The smallest absolute Gasteiger partial charge is 0.184 e. The van der Waals surface area contributed by atoms with Gasteiger partial charge in [-0.05, 0) is 18.5 Å². The lowest BCUT2D eigenvalue weighted by atomic mass is 10.4. The quantitative estimate of drug-likeness (QED) is 0.433. The Morgan fingerprint density at radius 2 is 1.19 bits per heavy atom. The molecule has 0 amide bonds. The molecule has 3 rings (SSSR count). The first-order chi connectivity index (χ1) is 9.93. The van der Waals surface area contributed by atoms with Crippen LogP contribution in [-0.2, 0) is 6.16 Å². The third-order valence-corrected chi connectivity index (χ3v) is 5.74. The minimum Gasteiger partial charge on any atom is -1.00 e. The van der Waals surface area contributed by atoms with Crippen LogP contribution in [0.15, 0.2) is 85.1 Å². The van der Waals surface area contributed by atoms with Crippen molar-refractivity contribution >= 4 is 18.5 Å². The number of aromatic amines is 1. The molecule has 21 heavy (non-hydrogen) atoms. The van der Waals surface area contributed by atoms with E-state index < -0.39 is 0 Å². The zero-order chi connectivity index (χ0) is 13.6. The van der Waals surface area contributed by atoms with Crippen LogP contribution in [0, 0.1) is 0 Å². The van der Waals surface area contributed by atoms with Gasteiger partial charge in [-0.3, -0.25) is 0 Å². The van der Waals surface area contributed by atoms with E-state index in [1.54, 1.807) is 0 Å². The lowest BCUT2D eigenvalue weighted by Crippen LogP contribution is -3.00. The van der Waals surface area contributed by atoms with Gasteiger partial charge in [-0.25, -0.2) is 4.98 Å². The van der Waals surface area contributed by atoms with E-state index in [1.165, 1.54) is 16.3 Å². The van der Waals surface area contributed by atoms with Gasteiger partial charge in [-0.15, -0.1) is 0 Å². The molecular weight excluding hydrogens is 388 g/mol. The number of halogens is 1. The highest BCUT2D eigenvalue weighted by Gasteiger charge is 2.16. The molecule has 1 N–H and O–H groups in total. The molecule has 0 radical (unpaired) electrons. The maximum absolute atomic E-state index is 3.35. The summed E-state index contributed by atoms with van der Waals surface area (Å²) in [6.07, 6.45) is 3.04. The third kappa shape index (κ3) is 4.36. The molecule has 1 heterocycles. The van der Waals surface area contributed by atoms with Gasteiger partial charge in [0.1, 0.15) is 0 Å². The van der Waals surface area contributed by atoms with Crippen molar-refractivity contribution in [1.82, 2.24) is 0 Å². The molecule has 0 bridgehead atoms. The Kier molecular flexibility index (Phi) is 6.34. The summed E-state index contributed by atoms with van der Waals surface area (Å²) in [6, 6.07) is 27.9. The van der Waals surface area contributed by atoms with Gasteiger partial charge in [0.25, 0.3) is 0 Å². The predicted octanol–water partition coefficient (Wildman–Crippen LogP) is 0.138. The molecule has 0 atom stereocenters. The summed E-state index contributed by atoms with van der Waals surface area (Å²) in [5.74, 6) is 0. The van der Waals surface area contributed by atoms with E-state index in [0.717, 1.165) is 6.16 Å². The minimum absolute atomic E-state index is 0. The third-order valence-electron chi connectivity index (χ3n) is 3.24. The van der Waals surface area contributed by atoms with Crippen molar-refractivity contribution in [2.45, 2.75) is 6.16 Å². The Hall–Kier alpha value is -1.25. The molecule has 0 saturated heterocycles. The maximum atomic E-state index is 3.35. The Morgan fingerprint density at radius 3 is 1.67 bits per heavy atom. The first kappa shape index (κ1) is 16.1. The number of benzene rings is 2. The molecule has 3 aromatic rings. The molecule has 0 aliphatic carbocycles. The minimum atomic E-state index is -0.358. The van der Waals surface area contributed by atoms with Crippen LogP contribution in [0.25, 0.3) is 0 Å². The van der Waals surface area contributed by atoms with Gasteiger partial charge in [0.15, 0.2) is 11.9 Å². The fraction of sp³-hybridized carbons (Fsp3) is 0.0556. The van der Waals surface area contributed by atoms with E-state index in [0.29, 0.717) is 0 Å². The number of rotatable bonds is 4. The molecule has 1 nitrogen and oxygen atoms in total. The Labute approximate surface area is 144 Å². The fourth-order valence-corrected chi connectivity index (χ4v) is 4.51. The van der Waals surface area contributed by atoms with Gasteiger partial charge in [-0.1, -0.05) is 66.7 Å². The summed E-state index contributed by atoms with van der Waals surface area (Å²) in [4.78, 5) is 3.35. The van der Waals surface area contributed by atoms with Crippen LogP contribution in [-0.4, -0.2) is 0 Å². The van der Waals surface area contributed by atoms with Gasteiger partial charge in [-0.2, -0.15) is 0 Å². The van der Waals surface area contributed by atoms with Crippen LogP contribution in [0.1, 0.15) is 5.69 Å². The number of hydrogen-bond donors (Lipinski definition) is 0. The average molecular weight is 405 g/mol. The number of pyridine rings is 1. The Balaban J connectivity index is 0.00000161. The number of aromatic nitrogens is 1. The second-order valence-electron chi connectivity index (χ2n) is 4.65. The molecule has 106 valence electrons. The van der Waals surface area contributed by atoms with Crippen molar-refractivity contribution in [3.05, 3.63) is 90.8 Å². The first-order valence-electron chi connectivity index (χ1n) is 6.77. The highest BCUT2D eigenvalue weighted by atomic mass is 127. The van der Waals surface area contributed by atoms with Crippen molar-refractivity contribution < 1.29 is 29.0 Å². The lowest BCUT2D eigenvalue weighted by molar-refractivity contribution is -0.388. The van der Waals surface area contributed by atoms with E-state index in [4.69, 9.17) is 0 Å². The molecule has 2 aromatic carbocycles. The largest absolute Gasteiger partial charge is 1.00 e. The monoisotopic (exact) mass is 405 g/mol. The van der Waals surface area contributed by atoms with Crippen molar-refractivity contribution in [2.24, 2.45) is 0 Å². The zero-order valence-corrected chi connectivity index (χ0v) is 14.7. The van der Waals surface area contributed by atoms with Crippen LogP contribution < -0.4 is 39.6 Å². The van der Waals surface area contributed by atoms with Crippen LogP contribution in [0.5, 0.6) is 0 Å². The summed E-state index contributed by atoms with van der Waals surface area (Å²) in [5, 5.41) is 2.84. The van der Waals surface area contributed by atoms with Crippen molar-refractivity contribution in [1.29, 1.82) is 0 Å². The Morgan fingerprint density at radius 1 is 0.667 bits per heavy atom. The molecule has 0 saturated carbocycles. The zero-order valence-electron chi connectivity index (χ0n) is 11.6. The summed E-state index contributed by atoms with van der Waals surface area (Å²) < 4.78 is 0. The normalized spacial score (nSPS) is 10.1. The van der Waals surface area contributed by atoms with Gasteiger partial charge in [0.05, 0.1) is 6.16 Å². The Bertz CT molecular complexity index is 604. The van der Waals surface area contributed by atoms with E-state index in [-0.39, 0.29) is 31.9 Å². The van der Waals surface area contributed by atoms with Crippen molar-refractivity contribution in [2.75, 3.05) is 0 Å². The average Bonchev–Trinajstić information content (AvgIpc) is 2.55. The van der Waals surface area contributed by atoms with Gasteiger partial charge in [0, 0.05) is 12.1 Å². The maximum Gasteiger partial charge on any atom is 0.184 e. The summed E-state index contributed by atoms with van der Waals surface area (Å²) in [6.45, 7) is 0. The molecule has 0 aliphatic heterocycles. The van der Waals surface area contributed by atoms with Crippen molar-refractivity contribution in [3.8, 4) is 0 Å². The van der Waals surface area contributed by atoms with Crippen LogP contribution in [0.3, 0.4) is 0 Å². The van der Waals surface area contributed by atoms with Crippen LogP contribution >= 0.6 is 7.92 Å². The molecule has 3 heteroatoms. The van der Waals surface area contributed by atoms with Crippen LogP contribution in [0.2, 0.25) is 0 Å². The molecule has 1 aromatic heterocycles. The molecule has 0 aliphatic rings. The van der Waals surface area contributed by atoms with Crippen LogP contribution in [0.4, 0.5) is 0 Å². The highest BCUT2D eigenvalue weighted by molar-refractivity contribution is 7.72. The second-order valence-corrected chi connectivity index (χ2v) is 6.85. The summed E-state index contributed by atoms with van der Waals surface area (Å²) in [7, 11) is -0.358. The fourth-order valence-electron chi connectivity index (χ4n) is 2.25. The van der Waals surface area contributed by atoms with Gasteiger partial charge in [0.2, 0.25) is 0 Å². The standard InChI is InChI=1S/C18H16NP.HI/c1-3-10-17(11-4-1)20(18-12-5-2-6-13-18)15-16-9-7-8-14-19-16;/h1-14H,15H2;1H. The lowest BCUT2D eigenvalue weighted by Gasteiger charge is -2.16. The van der Waals surface area contributed by atoms with E-state index in [2.05, 4.69) is 77.8 Å². The predicted molar refractivity (Wildman–Crippen MR) is 85.8 cm³/mol. The van der Waals surface area contributed by atoms with Gasteiger partial charge >= 0.3 is 0 Å². The molecule has 0 unspecified atom stereocenters. The highest BCUT2D eigenvalue weighted by Crippen LogP contribution is 2.36. The topological polar surface area (TPSA) is 14.1 Å². The van der Waals surface area contributed by atoms with E-state index in [1.807, 2.05) is 12.3 Å². The van der Waals surface area contributed by atoms with Gasteiger partial charge < -0.3 is 24.0 Å². The van der Waals surface area contributed by atoms with Crippen molar-refractivity contribution in [3.63, 3.8) is 0 Å². The summed E-state index contributed by atoms with van der Waals surface area (Å²) in [5.41, 5.74) is 1.28. The van der Waals surface area contributed by atoms with E-state index in [9.17, 15) is 0 Å².